The van der Waals surface area contributed by atoms with Crippen molar-refractivity contribution >= 4 is 18.0 Å². The Labute approximate surface area is 233 Å². The highest BCUT2D eigenvalue weighted by atomic mass is 16.5. The van der Waals surface area contributed by atoms with E-state index in [0.29, 0.717) is 31.2 Å². The van der Waals surface area contributed by atoms with Gasteiger partial charge < -0.3 is 24.8 Å². The van der Waals surface area contributed by atoms with Crippen LogP contribution < -0.4 is 0 Å². The van der Waals surface area contributed by atoms with Crippen LogP contribution in [0.15, 0.2) is 54.1 Å². The average molecular weight is 543 g/mol. The predicted octanol–water partition coefficient (Wildman–Crippen LogP) is 5.39. The topological polar surface area (TPSA) is 113 Å². The lowest BCUT2D eigenvalue weighted by molar-refractivity contribution is -0.151. The Morgan fingerprint density at radius 2 is 1.87 bits per heavy atom. The van der Waals surface area contributed by atoms with Gasteiger partial charge in [-0.05, 0) is 62.6 Å². The van der Waals surface area contributed by atoms with Gasteiger partial charge in [0.05, 0.1) is 23.9 Å². The summed E-state index contributed by atoms with van der Waals surface area (Å²) < 4.78 is 11.6. The number of cyclic esters (lactones) is 1. The number of esters is 2. The second-order valence-electron chi connectivity index (χ2n) is 11.0. The third kappa shape index (κ3) is 11.9. The number of aliphatic hydroxyl groups excluding tert-OH is 3. The van der Waals surface area contributed by atoms with Crippen molar-refractivity contribution in [2.45, 2.75) is 104 Å². The van der Waals surface area contributed by atoms with Crippen molar-refractivity contribution in [3.63, 3.8) is 0 Å². The fourth-order valence-corrected chi connectivity index (χ4v) is 4.41. The molecule has 1 heterocycles. The van der Waals surface area contributed by atoms with E-state index in [1.54, 1.807) is 38.1 Å². The summed E-state index contributed by atoms with van der Waals surface area (Å²) in [4.78, 5) is 25.4. The highest BCUT2D eigenvalue weighted by Crippen LogP contribution is 2.23. The maximum absolute atomic E-state index is 13.1. The fourth-order valence-electron chi connectivity index (χ4n) is 4.41. The van der Waals surface area contributed by atoms with Crippen LogP contribution in [0.2, 0.25) is 0 Å². The van der Waals surface area contributed by atoms with Crippen LogP contribution in [-0.2, 0) is 14.3 Å². The van der Waals surface area contributed by atoms with Gasteiger partial charge in [-0.15, -0.1) is 0 Å². The minimum atomic E-state index is -1.09. The molecular formula is C32H46O7. The van der Waals surface area contributed by atoms with Gasteiger partial charge in [0, 0.05) is 19.3 Å². The molecule has 0 aliphatic carbocycles. The number of carbonyl (C=O) groups is 2. The van der Waals surface area contributed by atoms with E-state index in [9.17, 15) is 24.9 Å². The highest BCUT2D eigenvalue weighted by Gasteiger charge is 2.24. The van der Waals surface area contributed by atoms with Crippen molar-refractivity contribution in [3.8, 4) is 0 Å². The van der Waals surface area contributed by atoms with Crippen LogP contribution in [0.3, 0.4) is 0 Å². The number of rotatable bonds is 9. The zero-order chi connectivity index (χ0) is 28.9. The molecule has 1 aliphatic heterocycles. The number of benzene rings is 1. The Bertz CT molecular complexity index is 1010. The second kappa shape index (κ2) is 16.4. The summed E-state index contributed by atoms with van der Waals surface area (Å²) in [6, 6.07) is 7.10. The number of ether oxygens (including phenoxy) is 2. The van der Waals surface area contributed by atoms with Crippen LogP contribution >= 0.6 is 0 Å². The van der Waals surface area contributed by atoms with Crippen molar-refractivity contribution < 1.29 is 34.4 Å². The molecule has 2 rings (SSSR count). The van der Waals surface area contributed by atoms with E-state index in [-0.39, 0.29) is 36.4 Å². The zero-order valence-corrected chi connectivity index (χ0v) is 24.0. The van der Waals surface area contributed by atoms with Gasteiger partial charge in [0.1, 0.15) is 12.2 Å². The molecule has 0 amide bonds. The Balaban J connectivity index is 2.06. The molecule has 216 valence electrons. The van der Waals surface area contributed by atoms with Gasteiger partial charge in [0.2, 0.25) is 0 Å². The lowest BCUT2D eigenvalue weighted by Crippen LogP contribution is -2.27. The molecule has 3 N–H and O–H groups in total. The van der Waals surface area contributed by atoms with Crippen LogP contribution in [-0.4, -0.2) is 57.8 Å². The summed E-state index contributed by atoms with van der Waals surface area (Å²) in [6.45, 7) is 9.52. The van der Waals surface area contributed by atoms with Crippen molar-refractivity contribution in [2.24, 2.45) is 11.8 Å². The maximum atomic E-state index is 13.1. The molecule has 0 saturated heterocycles. The number of aliphatic hydroxyl groups is 3. The summed E-state index contributed by atoms with van der Waals surface area (Å²) in [7, 11) is 0. The van der Waals surface area contributed by atoms with E-state index in [1.807, 2.05) is 18.2 Å². The molecule has 1 aromatic carbocycles. The van der Waals surface area contributed by atoms with E-state index in [2.05, 4.69) is 26.8 Å². The Morgan fingerprint density at radius 1 is 1.15 bits per heavy atom. The van der Waals surface area contributed by atoms with E-state index in [4.69, 9.17) is 9.47 Å². The smallest absolute Gasteiger partial charge is 0.338 e. The molecule has 1 aromatic rings. The van der Waals surface area contributed by atoms with Gasteiger partial charge in [0.15, 0.2) is 0 Å². The predicted molar refractivity (Wildman–Crippen MR) is 153 cm³/mol. The van der Waals surface area contributed by atoms with Crippen molar-refractivity contribution in [1.29, 1.82) is 0 Å². The van der Waals surface area contributed by atoms with Gasteiger partial charge in [-0.1, -0.05) is 68.9 Å². The minimum absolute atomic E-state index is 0.0808. The SMILES string of the molecule is CC(C=Cc1cccc(C(=O)O[C@H]2CCCC(=O)O[C@@H](C(C)C)CC=CC[C@@H]2C)c1)=C[C@H](O)[C@@H](O)C[C@H](C)O. The van der Waals surface area contributed by atoms with E-state index < -0.39 is 24.3 Å². The molecular weight excluding hydrogens is 496 g/mol. The lowest BCUT2D eigenvalue weighted by Gasteiger charge is -2.25. The lowest BCUT2D eigenvalue weighted by atomic mass is 9.94. The molecule has 0 bridgehead atoms. The monoisotopic (exact) mass is 542 g/mol. The van der Waals surface area contributed by atoms with Crippen LogP contribution in [0.5, 0.6) is 0 Å². The summed E-state index contributed by atoms with van der Waals surface area (Å²) in [6.07, 6.45) is 8.95. The van der Waals surface area contributed by atoms with Gasteiger partial charge in [0.25, 0.3) is 0 Å². The van der Waals surface area contributed by atoms with Gasteiger partial charge in [-0.3, -0.25) is 4.79 Å². The molecule has 39 heavy (non-hydrogen) atoms. The second-order valence-corrected chi connectivity index (χ2v) is 11.0. The molecule has 7 heteroatoms. The van der Waals surface area contributed by atoms with Crippen molar-refractivity contribution in [3.05, 3.63) is 65.3 Å². The van der Waals surface area contributed by atoms with E-state index in [1.165, 1.54) is 6.08 Å². The third-order valence-corrected chi connectivity index (χ3v) is 6.90. The maximum Gasteiger partial charge on any atom is 0.338 e. The first-order valence-corrected chi connectivity index (χ1v) is 14.0. The minimum Gasteiger partial charge on any atom is -0.462 e. The largest absolute Gasteiger partial charge is 0.462 e. The molecule has 0 aromatic heterocycles. The summed E-state index contributed by atoms with van der Waals surface area (Å²) >= 11 is 0. The molecule has 6 atom stereocenters. The van der Waals surface area contributed by atoms with Crippen LogP contribution in [0.4, 0.5) is 0 Å². The molecule has 0 saturated carbocycles. The standard InChI is InChI=1S/C32H46O7/c1-21(2)29-13-7-6-10-23(4)30(14-9-15-31(36)38-29)39-32(37)26-12-8-11-25(20-26)17-16-22(3)18-27(34)28(35)19-24(5)33/h6-8,11-12,16-18,20-21,23-24,27-30,33-35H,9-10,13-15,19H2,1-5H3/t23-,24-,27-,28-,29+,30-/m0/s1. The first-order chi connectivity index (χ1) is 18.5. The molecule has 0 unspecified atom stereocenters. The van der Waals surface area contributed by atoms with E-state index in [0.717, 1.165) is 17.6 Å². The van der Waals surface area contributed by atoms with Gasteiger partial charge >= 0.3 is 11.9 Å². The highest BCUT2D eigenvalue weighted by molar-refractivity contribution is 5.90. The summed E-state index contributed by atoms with van der Waals surface area (Å²) in [5, 5.41) is 29.5. The van der Waals surface area contributed by atoms with Crippen molar-refractivity contribution in [1.82, 2.24) is 0 Å². The van der Waals surface area contributed by atoms with Crippen molar-refractivity contribution in [2.75, 3.05) is 0 Å². The van der Waals surface area contributed by atoms with Crippen LogP contribution in [0.25, 0.3) is 6.08 Å². The summed E-state index contributed by atoms with van der Waals surface area (Å²) in [5.74, 6) is -0.276. The molecule has 0 radical (unpaired) electrons. The Morgan fingerprint density at radius 3 is 2.56 bits per heavy atom. The first-order valence-electron chi connectivity index (χ1n) is 14.0. The van der Waals surface area contributed by atoms with Gasteiger partial charge in [-0.2, -0.15) is 0 Å². The average Bonchev–Trinajstić information content (AvgIpc) is 2.87. The normalized spacial score (nSPS) is 24.0. The quantitative estimate of drug-likeness (QED) is 0.218. The first kappa shape index (κ1) is 32.5. The number of carbonyl (C=O) groups excluding carboxylic acids is 2. The Hall–Kier alpha value is -2.74. The zero-order valence-electron chi connectivity index (χ0n) is 24.0. The van der Waals surface area contributed by atoms with Crippen LogP contribution in [0.1, 0.15) is 89.1 Å². The van der Waals surface area contributed by atoms with Gasteiger partial charge in [-0.25, -0.2) is 4.79 Å². The molecule has 1 aliphatic rings. The number of allylic oxidation sites excluding steroid dienone is 3. The molecule has 0 spiro atoms. The number of hydrogen-bond donors (Lipinski definition) is 3. The summed E-state index contributed by atoms with van der Waals surface area (Å²) in [5.41, 5.74) is 1.95. The fraction of sp³-hybridized carbons (Fsp3) is 0.562. The Kier molecular flexibility index (Phi) is 13.6. The van der Waals surface area contributed by atoms with Crippen LogP contribution in [0, 0.1) is 11.8 Å². The number of hydrogen-bond acceptors (Lipinski definition) is 7. The molecule has 7 nitrogen and oxygen atoms in total. The molecule has 0 fully saturated rings. The van der Waals surface area contributed by atoms with E-state index >= 15 is 0 Å². The third-order valence-electron chi connectivity index (χ3n) is 6.90.